The summed E-state index contributed by atoms with van der Waals surface area (Å²) in [7, 11) is 0. The van der Waals surface area contributed by atoms with Gasteiger partial charge in [-0.3, -0.25) is 0 Å². The van der Waals surface area contributed by atoms with Gasteiger partial charge in [-0.05, 0) is 36.8 Å². The second-order valence-corrected chi connectivity index (χ2v) is 6.54. The zero-order chi connectivity index (χ0) is 16.9. The molecule has 0 spiro atoms. The molecule has 1 heterocycles. The summed E-state index contributed by atoms with van der Waals surface area (Å²) in [5.74, 6) is 0.873. The SMILES string of the molecule is CC(NC(=O)NCCc1nc2ccccc2[nH]1)c1ccc(Br)cc1. The number of halogens is 1. The number of hydrogen-bond donors (Lipinski definition) is 3. The van der Waals surface area contributed by atoms with E-state index in [1.54, 1.807) is 0 Å². The summed E-state index contributed by atoms with van der Waals surface area (Å²) < 4.78 is 1.02. The van der Waals surface area contributed by atoms with Crippen LogP contribution in [0.1, 0.15) is 24.4 Å². The van der Waals surface area contributed by atoms with E-state index in [-0.39, 0.29) is 12.1 Å². The molecule has 5 nitrogen and oxygen atoms in total. The minimum Gasteiger partial charge on any atom is -0.342 e. The van der Waals surface area contributed by atoms with Gasteiger partial charge >= 0.3 is 6.03 Å². The number of nitrogens with one attached hydrogen (secondary N) is 3. The highest BCUT2D eigenvalue weighted by atomic mass is 79.9. The number of fused-ring (bicyclic) bond motifs is 1. The maximum absolute atomic E-state index is 12.0. The number of urea groups is 1. The fourth-order valence-corrected chi connectivity index (χ4v) is 2.77. The number of aromatic nitrogens is 2. The van der Waals surface area contributed by atoms with Crippen LogP contribution < -0.4 is 10.6 Å². The number of para-hydroxylation sites is 2. The Kier molecular flexibility index (Phi) is 5.15. The van der Waals surface area contributed by atoms with E-state index in [9.17, 15) is 4.79 Å². The molecule has 3 aromatic rings. The molecule has 2 amide bonds. The van der Waals surface area contributed by atoms with Gasteiger partial charge in [0.15, 0.2) is 0 Å². The molecule has 124 valence electrons. The average molecular weight is 387 g/mol. The lowest BCUT2D eigenvalue weighted by molar-refractivity contribution is 0.238. The van der Waals surface area contributed by atoms with E-state index in [1.165, 1.54) is 0 Å². The van der Waals surface area contributed by atoms with Crippen molar-refractivity contribution in [3.63, 3.8) is 0 Å². The van der Waals surface area contributed by atoms with Crippen molar-refractivity contribution >= 4 is 33.0 Å². The van der Waals surface area contributed by atoms with Crippen molar-refractivity contribution in [3.8, 4) is 0 Å². The molecule has 0 radical (unpaired) electrons. The van der Waals surface area contributed by atoms with Crippen molar-refractivity contribution in [2.24, 2.45) is 0 Å². The highest BCUT2D eigenvalue weighted by Crippen LogP contribution is 2.16. The van der Waals surface area contributed by atoms with Gasteiger partial charge in [0.1, 0.15) is 5.82 Å². The molecule has 6 heteroatoms. The normalized spacial score (nSPS) is 12.1. The highest BCUT2D eigenvalue weighted by Gasteiger charge is 2.09. The maximum atomic E-state index is 12.0. The van der Waals surface area contributed by atoms with Crippen molar-refractivity contribution < 1.29 is 4.79 Å². The number of nitrogens with zero attached hydrogens (tertiary/aromatic N) is 1. The first-order chi connectivity index (χ1) is 11.6. The molecule has 0 saturated heterocycles. The number of benzene rings is 2. The van der Waals surface area contributed by atoms with Gasteiger partial charge in [0.25, 0.3) is 0 Å². The van der Waals surface area contributed by atoms with Crippen molar-refractivity contribution in [3.05, 3.63) is 64.4 Å². The van der Waals surface area contributed by atoms with E-state index in [2.05, 4.69) is 36.5 Å². The first-order valence-corrected chi connectivity index (χ1v) is 8.64. The fourth-order valence-electron chi connectivity index (χ4n) is 2.50. The van der Waals surface area contributed by atoms with Crippen molar-refractivity contribution in [1.82, 2.24) is 20.6 Å². The molecule has 0 fully saturated rings. The third-order valence-corrected chi connectivity index (χ3v) is 4.33. The van der Waals surface area contributed by atoms with Gasteiger partial charge < -0.3 is 15.6 Å². The van der Waals surface area contributed by atoms with Crippen LogP contribution in [0.5, 0.6) is 0 Å². The molecule has 3 rings (SSSR count). The van der Waals surface area contributed by atoms with Gasteiger partial charge in [-0.15, -0.1) is 0 Å². The summed E-state index contributed by atoms with van der Waals surface area (Å²) in [5.41, 5.74) is 3.02. The van der Waals surface area contributed by atoms with Crippen molar-refractivity contribution in [2.45, 2.75) is 19.4 Å². The lowest BCUT2D eigenvalue weighted by Gasteiger charge is -2.15. The zero-order valence-electron chi connectivity index (χ0n) is 13.3. The van der Waals surface area contributed by atoms with Gasteiger partial charge in [-0.2, -0.15) is 0 Å². The predicted octanol–water partition coefficient (Wildman–Crippen LogP) is 3.93. The topological polar surface area (TPSA) is 69.8 Å². The van der Waals surface area contributed by atoms with Gasteiger partial charge in [-0.25, -0.2) is 9.78 Å². The summed E-state index contributed by atoms with van der Waals surface area (Å²) in [6.07, 6.45) is 0.661. The van der Waals surface area contributed by atoms with Crippen LogP contribution in [0.2, 0.25) is 0 Å². The van der Waals surface area contributed by atoms with Crippen LogP contribution in [0.25, 0.3) is 11.0 Å². The molecule has 0 aliphatic rings. The van der Waals surface area contributed by atoms with E-state index >= 15 is 0 Å². The molecule has 1 atom stereocenters. The third kappa shape index (κ3) is 4.14. The van der Waals surface area contributed by atoms with Gasteiger partial charge in [0, 0.05) is 17.4 Å². The average Bonchev–Trinajstić information content (AvgIpc) is 2.98. The Morgan fingerprint density at radius 3 is 2.71 bits per heavy atom. The van der Waals surface area contributed by atoms with Crippen LogP contribution in [0, 0.1) is 0 Å². The Morgan fingerprint density at radius 1 is 1.21 bits per heavy atom. The van der Waals surface area contributed by atoms with E-state index in [0.29, 0.717) is 13.0 Å². The molecular formula is C18H19BrN4O. The van der Waals surface area contributed by atoms with Crippen LogP contribution in [-0.2, 0) is 6.42 Å². The molecule has 2 aromatic carbocycles. The maximum Gasteiger partial charge on any atom is 0.315 e. The number of hydrogen-bond acceptors (Lipinski definition) is 2. The van der Waals surface area contributed by atoms with Crippen LogP contribution in [0.3, 0.4) is 0 Å². The summed E-state index contributed by atoms with van der Waals surface area (Å²) in [6, 6.07) is 15.6. The fraction of sp³-hybridized carbons (Fsp3) is 0.222. The summed E-state index contributed by atoms with van der Waals surface area (Å²) >= 11 is 3.41. The number of carbonyl (C=O) groups excluding carboxylic acids is 1. The van der Waals surface area contributed by atoms with Crippen LogP contribution >= 0.6 is 15.9 Å². The molecule has 0 bridgehead atoms. The number of aromatic amines is 1. The molecular weight excluding hydrogens is 368 g/mol. The van der Waals surface area contributed by atoms with Crippen molar-refractivity contribution in [1.29, 1.82) is 0 Å². The zero-order valence-corrected chi connectivity index (χ0v) is 14.9. The Hall–Kier alpha value is -2.34. The van der Waals surface area contributed by atoms with E-state index in [1.807, 2.05) is 55.5 Å². The second kappa shape index (κ2) is 7.49. The first kappa shape index (κ1) is 16.5. The number of rotatable bonds is 5. The molecule has 3 N–H and O–H groups in total. The Labute approximate surface area is 149 Å². The monoisotopic (exact) mass is 386 g/mol. The second-order valence-electron chi connectivity index (χ2n) is 5.62. The quantitative estimate of drug-likeness (QED) is 0.621. The van der Waals surface area contributed by atoms with Gasteiger partial charge in [0.05, 0.1) is 17.1 Å². The van der Waals surface area contributed by atoms with E-state index < -0.39 is 0 Å². The largest absolute Gasteiger partial charge is 0.342 e. The minimum atomic E-state index is -0.179. The standard InChI is InChI=1S/C18H19BrN4O/c1-12(13-6-8-14(19)9-7-13)21-18(24)20-11-10-17-22-15-4-2-3-5-16(15)23-17/h2-9,12H,10-11H2,1H3,(H,22,23)(H2,20,21,24). The summed E-state index contributed by atoms with van der Waals surface area (Å²) in [6.45, 7) is 2.49. The molecule has 1 unspecified atom stereocenters. The Morgan fingerprint density at radius 2 is 1.96 bits per heavy atom. The van der Waals surface area contributed by atoms with Crippen LogP contribution in [0.4, 0.5) is 4.79 Å². The highest BCUT2D eigenvalue weighted by molar-refractivity contribution is 9.10. The van der Waals surface area contributed by atoms with Crippen molar-refractivity contribution in [2.75, 3.05) is 6.54 Å². The van der Waals surface area contributed by atoms with Crippen LogP contribution in [-0.4, -0.2) is 22.5 Å². The predicted molar refractivity (Wildman–Crippen MR) is 98.9 cm³/mol. The van der Waals surface area contributed by atoms with Gasteiger partial charge in [0.2, 0.25) is 0 Å². The number of amides is 2. The molecule has 0 saturated carbocycles. The lowest BCUT2D eigenvalue weighted by atomic mass is 10.1. The first-order valence-electron chi connectivity index (χ1n) is 7.85. The smallest absolute Gasteiger partial charge is 0.315 e. The molecule has 0 aliphatic heterocycles. The molecule has 24 heavy (non-hydrogen) atoms. The third-order valence-electron chi connectivity index (χ3n) is 3.80. The summed E-state index contributed by atoms with van der Waals surface area (Å²) in [5, 5.41) is 5.80. The Bertz CT molecular complexity index is 795. The summed E-state index contributed by atoms with van der Waals surface area (Å²) in [4.78, 5) is 19.7. The van der Waals surface area contributed by atoms with E-state index in [0.717, 1.165) is 26.9 Å². The number of carbonyl (C=O) groups is 1. The van der Waals surface area contributed by atoms with Gasteiger partial charge in [-0.1, -0.05) is 40.2 Å². The lowest BCUT2D eigenvalue weighted by Crippen LogP contribution is -2.38. The minimum absolute atomic E-state index is 0.0516. The Balaban J connectivity index is 1.47. The number of H-pyrrole nitrogens is 1. The molecule has 1 aromatic heterocycles. The number of imidazole rings is 1. The van der Waals surface area contributed by atoms with Crippen LogP contribution in [0.15, 0.2) is 53.0 Å². The van der Waals surface area contributed by atoms with E-state index in [4.69, 9.17) is 0 Å². The molecule has 0 aliphatic carbocycles.